The number of hydrogen-bond donors (Lipinski definition) is 0. The van der Waals surface area contributed by atoms with Crippen LogP contribution in [0.3, 0.4) is 0 Å². The predicted molar refractivity (Wildman–Crippen MR) is 55.0 cm³/mol. The summed E-state index contributed by atoms with van der Waals surface area (Å²) in [6.07, 6.45) is 3.77. The van der Waals surface area contributed by atoms with Gasteiger partial charge in [-0.1, -0.05) is 48.6 Å². The van der Waals surface area contributed by atoms with Crippen LogP contribution in [0.15, 0.2) is 48.6 Å². The Morgan fingerprint density at radius 2 is 0.667 bits per heavy atom. The Morgan fingerprint density at radius 3 is 0.833 bits per heavy atom. The third-order valence-corrected chi connectivity index (χ3v) is 2.00. The fourth-order valence-corrected chi connectivity index (χ4v) is 1.66. The Hall–Kier alpha value is -1.04. The first-order valence-corrected chi connectivity index (χ1v) is 4.24. The van der Waals surface area contributed by atoms with Gasteiger partial charge in [-0.25, -0.2) is 0 Å². The molecule has 0 spiro atoms. The molecule has 0 aromatic heterocycles. The average Bonchev–Trinajstić information content (AvgIpc) is 1.81. The lowest BCUT2D eigenvalue weighted by Crippen LogP contribution is -1.97. The van der Waals surface area contributed by atoms with Crippen molar-refractivity contribution in [2.45, 2.75) is 25.7 Å². The maximum atomic E-state index is 3.99. The van der Waals surface area contributed by atoms with E-state index in [-0.39, 0.29) is 0 Å². The third-order valence-electron chi connectivity index (χ3n) is 2.00. The Morgan fingerprint density at radius 1 is 0.500 bits per heavy atom. The zero-order valence-corrected chi connectivity index (χ0v) is 7.66. The SMILES string of the molecule is C=C1CC(=C)CC(=C)CC(=C)C1. The number of allylic oxidation sites excluding steroid dienone is 4. The van der Waals surface area contributed by atoms with Crippen LogP contribution in [0.25, 0.3) is 0 Å². The van der Waals surface area contributed by atoms with Crippen LogP contribution in [0.4, 0.5) is 0 Å². The van der Waals surface area contributed by atoms with E-state index in [2.05, 4.69) is 26.3 Å². The van der Waals surface area contributed by atoms with Crippen molar-refractivity contribution in [1.82, 2.24) is 0 Å². The van der Waals surface area contributed by atoms with Gasteiger partial charge in [0.25, 0.3) is 0 Å². The molecule has 1 rings (SSSR count). The topological polar surface area (TPSA) is 0 Å². The van der Waals surface area contributed by atoms with Crippen LogP contribution < -0.4 is 0 Å². The molecule has 0 amide bonds. The molecule has 0 aromatic rings. The number of rotatable bonds is 0. The normalized spacial score (nSPS) is 20.7. The summed E-state index contributed by atoms with van der Waals surface area (Å²) >= 11 is 0. The highest BCUT2D eigenvalue weighted by Crippen LogP contribution is 2.28. The van der Waals surface area contributed by atoms with Gasteiger partial charge in [-0.05, 0) is 25.7 Å². The molecule has 0 bridgehead atoms. The van der Waals surface area contributed by atoms with Gasteiger partial charge in [-0.15, -0.1) is 0 Å². The van der Waals surface area contributed by atoms with E-state index >= 15 is 0 Å². The molecule has 0 heterocycles. The molecule has 0 saturated heterocycles. The van der Waals surface area contributed by atoms with Crippen LogP contribution >= 0.6 is 0 Å². The molecule has 1 saturated carbocycles. The predicted octanol–water partition coefficient (Wildman–Crippen LogP) is 3.79. The van der Waals surface area contributed by atoms with E-state index in [1.54, 1.807) is 0 Å². The molecule has 0 nitrogen and oxygen atoms in total. The van der Waals surface area contributed by atoms with Crippen LogP contribution in [0.2, 0.25) is 0 Å². The van der Waals surface area contributed by atoms with E-state index < -0.39 is 0 Å². The van der Waals surface area contributed by atoms with Gasteiger partial charge in [0, 0.05) is 0 Å². The molecule has 1 fully saturated rings. The Labute approximate surface area is 75.0 Å². The van der Waals surface area contributed by atoms with Crippen molar-refractivity contribution >= 4 is 0 Å². The Bertz CT molecular complexity index is 181. The van der Waals surface area contributed by atoms with Crippen molar-refractivity contribution in [3.8, 4) is 0 Å². The maximum Gasteiger partial charge on any atom is -0.0107 e. The molecular formula is C12H16. The van der Waals surface area contributed by atoms with Gasteiger partial charge in [-0.3, -0.25) is 0 Å². The van der Waals surface area contributed by atoms with Crippen LogP contribution in [-0.2, 0) is 0 Å². The van der Waals surface area contributed by atoms with E-state index in [1.165, 1.54) is 22.3 Å². The second-order valence-electron chi connectivity index (χ2n) is 3.71. The first kappa shape index (κ1) is 9.05. The summed E-state index contributed by atoms with van der Waals surface area (Å²) in [6, 6.07) is 0. The minimum Gasteiger partial charge on any atom is -0.0992 e. The molecular weight excluding hydrogens is 144 g/mol. The van der Waals surface area contributed by atoms with Gasteiger partial charge in [0.2, 0.25) is 0 Å². The van der Waals surface area contributed by atoms with Crippen molar-refractivity contribution in [1.29, 1.82) is 0 Å². The Balaban J connectivity index is 2.69. The van der Waals surface area contributed by atoms with Crippen LogP contribution in [-0.4, -0.2) is 0 Å². The largest absolute Gasteiger partial charge is 0.0992 e. The molecule has 12 heavy (non-hydrogen) atoms. The highest BCUT2D eigenvalue weighted by molar-refractivity contribution is 5.26. The van der Waals surface area contributed by atoms with Gasteiger partial charge in [0.05, 0.1) is 0 Å². The summed E-state index contributed by atoms with van der Waals surface area (Å²) in [5.41, 5.74) is 4.94. The second-order valence-corrected chi connectivity index (χ2v) is 3.71. The third kappa shape index (κ3) is 2.54. The summed E-state index contributed by atoms with van der Waals surface area (Å²) < 4.78 is 0. The zero-order valence-electron chi connectivity index (χ0n) is 7.66. The molecule has 0 N–H and O–H groups in total. The van der Waals surface area contributed by atoms with Crippen LogP contribution in [0.5, 0.6) is 0 Å². The summed E-state index contributed by atoms with van der Waals surface area (Å²) in [6.45, 7) is 16.0. The fraction of sp³-hybridized carbons (Fsp3) is 0.333. The monoisotopic (exact) mass is 160 g/mol. The summed E-state index contributed by atoms with van der Waals surface area (Å²) in [4.78, 5) is 0. The van der Waals surface area contributed by atoms with Crippen molar-refractivity contribution in [2.24, 2.45) is 0 Å². The van der Waals surface area contributed by atoms with E-state index in [0.717, 1.165) is 25.7 Å². The van der Waals surface area contributed by atoms with Crippen molar-refractivity contribution in [2.75, 3.05) is 0 Å². The Kier molecular flexibility index (Phi) is 2.69. The zero-order chi connectivity index (χ0) is 9.14. The average molecular weight is 160 g/mol. The lowest BCUT2D eigenvalue weighted by Gasteiger charge is -2.17. The first-order chi connectivity index (χ1) is 5.58. The molecule has 0 aromatic carbocycles. The summed E-state index contributed by atoms with van der Waals surface area (Å²) in [5.74, 6) is 0. The van der Waals surface area contributed by atoms with Gasteiger partial charge in [-0.2, -0.15) is 0 Å². The molecule has 64 valence electrons. The highest BCUT2D eigenvalue weighted by atomic mass is 14.1. The maximum absolute atomic E-state index is 3.99. The van der Waals surface area contributed by atoms with Gasteiger partial charge in [0.15, 0.2) is 0 Å². The van der Waals surface area contributed by atoms with E-state index in [4.69, 9.17) is 0 Å². The first-order valence-electron chi connectivity index (χ1n) is 4.24. The minimum atomic E-state index is 0.942. The van der Waals surface area contributed by atoms with Crippen molar-refractivity contribution in [3.05, 3.63) is 48.6 Å². The molecule has 1 aliphatic carbocycles. The standard InChI is InChI=1S/C12H16/c1-9-5-10(2)7-12(4)8-11(3)6-9/h1-8H2. The van der Waals surface area contributed by atoms with Crippen LogP contribution in [0.1, 0.15) is 25.7 Å². The highest BCUT2D eigenvalue weighted by Gasteiger charge is 2.08. The molecule has 0 aliphatic heterocycles. The lowest BCUT2D eigenvalue weighted by molar-refractivity contribution is 0.873. The quantitative estimate of drug-likeness (QED) is 0.473. The van der Waals surface area contributed by atoms with Crippen molar-refractivity contribution in [3.63, 3.8) is 0 Å². The smallest absolute Gasteiger partial charge is 0.0107 e. The van der Waals surface area contributed by atoms with E-state index in [9.17, 15) is 0 Å². The van der Waals surface area contributed by atoms with Gasteiger partial charge >= 0.3 is 0 Å². The summed E-state index contributed by atoms with van der Waals surface area (Å²) in [7, 11) is 0. The minimum absolute atomic E-state index is 0.942. The number of hydrogen-bond acceptors (Lipinski definition) is 0. The van der Waals surface area contributed by atoms with E-state index in [0.29, 0.717) is 0 Å². The van der Waals surface area contributed by atoms with Crippen LogP contribution in [0, 0.1) is 0 Å². The lowest BCUT2D eigenvalue weighted by atomic mass is 9.89. The molecule has 0 unspecified atom stereocenters. The molecule has 0 atom stereocenters. The molecule has 1 aliphatic rings. The van der Waals surface area contributed by atoms with Gasteiger partial charge < -0.3 is 0 Å². The fourth-order valence-electron chi connectivity index (χ4n) is 1.66. The molecule has 0 radical (unpaired) electrons. The summed E-state index contributed by atoms with van der Waals surface area (Å²) in [5, 5.41) is 0. The molecule has 0 heteroatoms. The van der Waals surface area contributed by atoms with E-state index in [1.807, 2.05) is 0 Å². The van der Waals surface area contributed by atoms with Gasteiger partial charge in [0.1, 0.15) is 0 Å². The van der Waals surface area contributed by atoms with Crippen molar-refractivity contribution < 1.29 is 0 Å². The second kappa shape index (κ2) is 3.57.